The summed E-state index contributed by atoms with van der Waals surface area (Å²) in [6.45, 7) is 3.67. The predicted molar refractivity (Wildman–Crippen MR) is 72.3 cm³/mol. The molecule has 0 radical (unpaired) electrons. The van der Waals surface area contributed by atoms with Gasteiger partial charge in [-0.1, -0.05) is 6.92 Å². The van der Waals surface area contributed by atoms with E-state index in [1.54, 1.807) is 38.1 Å². The van der Waals surface area contributed by atoms with Crippen molar-refractivity contribution in [3.63, 3.8) is 0 Å². The fraction of sp³-hybridized carbons (Fsp3) is 0.500. The number of aliphatic hydroxyl groups excluding tert-OH is 1. The molecule has 0 saturated carbocycles. The monoisotopic (exact) mass is 272 g/mol. The Morgan fingerprint density at radius 3 is 2.33 bits per heavy atom. The standard InChI is InChI=1S/C12H20N2O3S/c1-3-18(16,17)11-6-4-10(5-7-11)14-8-12(13)9(2)15/h4-7,9,12,14-15H,3,8,13H2,1-2H3. The summed E-state index contributed by atoms with van der Waals surface area (Å²) < 4.78 is 23.2. The summed E-state index contributed by atoms with van der Waals surface area (Å²) in [5, 5.41) is 12.3. The molecular weight excluding hydrogens is 252 g/mol. The number of benzene rings is 1. The first kappa shape index (κ1) is 14.9. The Labute approximate surface area is 108 Å². The van der Waals surface area contributed by atoms with Gasteiger partial charge in [-0.05, 0) is 31.2 Å². The number of nitrogens with two attached hydrogens (primary N) is 1. The summed E-state index contributed by atoms with van der Waals surface area (Å²) in [7, 11) is -3.15. The Balaban J connectivity index is 2.67. The molecule has 0 aliphatic carbocycles. The number of anilines is 1. The molecule has 5 nitrogen and oxygen atoms in total. The van der Waals surface area contributed by atoms with E-state index in [2.05, 4.69) is 5.32 Å². The number of hydrogen-bond acceptors (Lipinski definition) is 5. The molecule has 0 aliphatic rings. The zero-order valence-electron chi connectivity index (χ0n) is 10.6. The Hall–Kier alpha value is -1.11. The minimum absolute atomic E-state index is 0.0900. The van der Waals surface area contributed by atoms with E-state index in [1.165, 1.54) is 0 Å². The van der Waals surface area contributed by atoms with E-state index in [0.717, 1.165) is 5.69 Å². The molecule has 1 aromatic rings. The van der Waals surface area contributed by atoms with Crippen LogP contribution in [0.5, 0.6) is 0 Å². The van der Waals surface area contributed by atoms with Crippen molar-refractivity contribution in [1.82, 2.24) is 0 Å². The number of sulfone groups is 1. The summed E-state index contributed by atoms with van der Waals surface area (Å²) >= 11 is 0. The van der Waals surface area contributed by atoms with Crippen LogP contribution in [-0.2, 0) is 9.84 Å². The van der Waals surface area contributed by atoms with Crippen LogP contribution in [0.25, 0.3) is 0 Å². The highest BCUT2D eigenvalue weighted by molar-refractivity contribution is 7.91. The molecule has 2 unspecified atom stereocenters. The van der Waals surface area contributed by atoms with Crippen LogP contribution in [0, 0.1) is 0 Å². The number of aliphatic hydroxyl groups is 1. The van der Waals surface area contributed by atoms with E-state index in [4.69, 9.17) is 5.73 Å². The van der Waals surface area contributed by atoms with Crippen molar-refractivity contribution in [2.24, 2.45) is 5.73 Å². The van der Waals surface area contributed by atoms with Crippen LogP contribution in [-0.4, -0.2) is 38.0 Å². The molecule has 0 saturated heterocycles. The highest BCUT2D eigenvalue weighted by Gasteiger charge is 2.11. The smallest absolute Gasteiger partial charge is 0.178 e. The molecule has 18 heavy (non-hydrogen) atoms. The zero-order valence-corrected chi connectivity index (χ0v) is 11.4. The van der Waals surface area contributed by atoms with E-state index in [-0.39, 0.29) is 11.8 Å². The minimum atomic E-state index is -3.15. The van der Waals surface area contributed by atoms with Crippen molar-refractivity contribution in [2.75, 3.05) is 17.6 Å². The third-order valence-corrected chi connectivity index (χ3v) is 4.51. The van der Waals surface area contributed by atoms with Crippen molar-refractivity contribution in [1.29, 1.82) is 0 Å². The Morgan fingerprint density at radius 1 is 1.33 bits per heavy atom. The van der Waals surface area contributed by atoms with E-state index in [0.29, 0.717) is 11.4 Å². The minimum Gasteiger partial charge on any atom is -0.392 e. The number of rotatable bonds is 6. The van der Waals surface area contributed by atoms with Gasteiger partial charge in [-0.2, -0.15) is 0 Å². The summed E-state index contributed by atoms with van der Waals surface area (Å²) in [5.74, 6) is 0.0900. The molecule has 4 N–H and O–H groups in total. The van der Waals surface area contributed by atoms with Gasteiger partial charge >= 0.3 is 0 Å². The third kappa shape index (κ3) is 3.97. The molecule has 0 aliphatic heterocycles. The molecule has 1 aromatic carbocycles. The lowest BCUT2D eigenvalue weighted by Crippen LogP contribution is -2.38. The second-order valence-electron chi connectivity index (χ2n) is 4.21. The lowest BCUT2D eigenvalue weighted by Gasteiger charge is -2.16. The lowest BCUT2D eigenvalue weighted by molar-refractivity contribution is 0.168. The molecule has 6 heteroatoms. The van der Waals surface area contributed by atoms with E-state index >= 15 is 0 Å². The molecule has 0 fully saturated rings. The van der Waals surface area contributed by atoms with Crippen LogP contribution in [0.15, 0.2) is 29.2 Å². The normalized spacial score (nSPS) is 15.1. The summed E-state index contributed by atoms with van der Waals surface area (Å²) in [6, 6.07) is 6.16. The molecule has 0 spiro atoms. The maximum Gasteiger partial charge on any atom is 0.178 e. The highest BCUT2D eigenvalue weighted by Crippen LogP contribution is 2.15. The predicted octanol–water partition coefficient (Wildman–Crippen LogP) is 0.600. The Morgan fingerprint density at radius 2 is 1.89 bits per heavy atom. The average Bonchev–Trinajstić information content (AvgIpc) is 2.36. The van der Waals surface area contributed by atoms with E-state index < -0.39 is 15.9 Å². The number of nitrogens with one attached hydrogen (secondary N) is 1. The van der Waals surface area contributed by atoms with Crippen molar-refractivity contribution in [3.05, 3.63) is 24.3 Å². The largest absolute Gasteiger partial charge is 0.392 e. The number of hydrogen-bond donors (Lipinski definition) is 3. The highest BCUT2D eigenvalue weighted by atomic mass is 32.2. The van der Waals surface area contributed by atoms with Gasteiger partial charge in [-0.25, -0.2) is 8.42 Å². The van der Waals surface area contributed by atoms with Gasteiger partial charge in [0, 0.05) is 18.3 Å². The maximum atomic E-state index is 11.6. The van der Waals surface area contributed by atoms with Gasteiger partial charge in [0.05, 0.1) is 16.8 Å². The van der Waals surface area contributed by atoms with Crippen molar-refractivity contribution < 1.29 is 13.5 Å². The maximum absolute atomic E-state index is 11.6. The van der Waals surface area contributed by atoms with Crippen LogP contribution in [0.1, 0.15) is 13.8 Å². The second kappa shape index (κ2) is 6.17. The van der Waals surface area contributed by atoms with Crippen molar-refractivity contribution in [2.45, 2.75) is 30.9 Å². The van der Waals surface area contributed by atoms with Crippen molar-refractivity contribution in [3.8, 4) is 0 Å². The molecule has 2 atom stereocenters. The van der Waals surface area contributed by atoms with Gasteiger partial charge in [0.15, 0.2) is 9.84 Å². The van der Waals surface area contributed by atoms with E-state index in [1.807, 2.05) is 0 Å². The first-order valence-corrected chi connectivity index (χ1v) is 7.52. The van der Waals surface area contributed by atoms with Gasteiger partial charge < -0.3 is 16.2 Å². The van der Waals surface area contributed by atoms with Crippen LogP contribution in [0.2, 0.25) is 0 Å². The molecule has 0 bridgehead atoms. The van der Waals surface area contributed by atoms with Gasteiger partial charge in [0.25, 0.3) is 0 Å². The first-order valence-electron chi connectivity index (χ1n) is 5.87. The summed E-state index contributed by atoms with van der Waals surface area (Å²) in [6.07, 6.45) is -0.586. The van der Waals surface area contributed by atoms with Crippen molar-refractivity contribution >= 4 is 15.5 Å². The molecule has 1 rings (SSSR count). The average molecular weight is 272 g/mol. The summed E-state index contributed by atoms with van der Waals surface area (Å²) in [5.41, 5.74) is 6.46. The first-order chi connectivity index (χ1) is 8.36. The molecule has 0 amide bonds. The SMILES string of the molecule is CCS(=O)(=O)c1ccc(NCC(N)C(C)O)cc1. The quantitative estimate of drug-likeness (QED) is 0.705. The summed E-state index contributed by atoms with van der Waals surface area (Å²) in [4.78, 5) is 0.315. The lowest BCUT2D eigenvalue weighted by atomic mass is 10.2. The van der Waals surface area contributed by atoms with Gasteiger partial charge in [0.1, 0.15) is 0 Å². The molecule has 0 heterocycles. The van der Waals surface area contributed by atoms with Gasteiger partial charge in [-0.15, -0.1) is 0 Å². The second-order valence-corrected chi connectivity index (χ2v) is 6.49. The van der Waals surface area contributed by atoms with Crippen LogP contribution in [0.3, 0.4) is 0 Å². The zero-order chi connectivity index (χ0) is 13.8. The van der Waals surface area contributed by atoms with Crippen LogP contribution in [0.4, 0.5) is 5.69 Å². The van der Waals surface area contributed by atoms with Crippen LogP contribution < -0.4 is 11.1 Å². The molecule has 102 valence electrons. The van der Waals surface area contributed by atoms with Crippen LogP contribution >= 0.6 is 0 Å². The van der Waals surface area contributed by atoms with Gasteiger partial charge in [0.2, 0.25) is 0 Å². The fourth-order valence-electron chi connectivity index (χ4n) is 1.35. The topological polar surface area (TPSA) is 92.4 Å². The van der Waals surface area contributed by atoms with Gasteiger partial charge in [-0.3, -0.25) is 0 Å². The Kier molecular flexibility index (Phi) is 5.13. The fourth-order valence-corrected chi connectivity index (χ4v) is 2.24. The Bertz CT molecular complexity index is 469. The molecule has 0 aromatic heterocycles. The third-order valence-electron chi connectivity index (χ3n) is 2.75. The van der Waals surface area contributed by atoms with E-state index in [9.17, 15) is 13.5 Å². The molecular formula is C12H20N2O3S.